The van der Waals surface area contributed by atoms with Gasteiger partial charge in [0, 0.05) is 6.42 Å². The lowest BCUT2D eigenvalue weighted by molar-refractivity contribution is -0.115. The zero-order chi connectivity index (χ0) is 13.2. The van der Waals surface area contributed by atoms with E-state index in [4.69, 9.17) is 9.47 Å². The monoisotopic (exact) mass is 258 g/mol. The molecule has 1 N–H and O–H groups in total. The molecular weight excluding hydrogens is 244 g/mol. The molecule has 1 aromatic carbocycles. The minimum atomic E-state index is -0.176. The van der Waals surface area contributed by atoms with Crippen molar-refractivity contribution in [1.82, 2.24) is 5.32 Å². The molecule has 0 atom stereocenters. The number of carbonyl (C=O) groups is 1. The Labute approximate surface area is 110 Å². The van der Waals surface area contributed by atoms with Crippen LogP contribution in [-0.2, 0) is 4.79 Å². The molecule has 0 unspecified atom stereocenters. The second-order valence-corrected chi connectivity index (χ2v) is 4.44. The zero-order valence-corrected chi connectivity index (χ0v) is 10.6. The summed E-state index contributed by atoms with van der Waals surface area (Å²) in [5.41, 5.74) is 1.28. The van der Waals surface area contributed by atoms with E-state index in [2.05, 4.69) is 10.3 Å². The van der Waals surface area contributed by atoms with Crippen molar-refractivity contribution in [1.29, 1.82) is 0 Å². The van der Waals surface area contributed by atoms with Gasteiger partial charge in [-0.1, -0.05) is 6.07 Å². The van der Waals surface area contributed by atoms with Gasteiger partial charge < -0.3 is 14.8 Å². The largest absolute Gasteiger partial charge is 0.490 e. The van der Waals surface area contributed by atoms with Gasteiger partial charge in [0.2, 0.25) is 0 Å². The van der Waals surface area contributed by atoms with E-state index in [9.17, 15) is 4.79 Å². The normalized spacial score (nSPS) is 19.9. The Balaban J connectivity index is 1.92. The number of hydrogen-bond donors (Lipinski definition) is 1. The van der Waals surface area contributed by atoms with Gasteiger partial charge in [-0.15, -0.1) is 0 Å². The van der Waals surface area contributed by atoms with Gasteiger partial charge in [-0.2, -0.15) is 0 Å². The molecule has 5 nitrogen and oxygen atoms in total. The summed E-state index contributed by atoms with van der Waals surface area (Å²) < 4.78 is 11.2. The first-order chi connectivity index (χ1) is 9.22. The zero-order valence-electron chi connectivity index (χ0n) is 10.6. The molecule has 0 saturated heterocycles. The molecule has 5 heteroatoms. The van der Waals surface area contributed by atoms with Gasteiger partial charge in [-0.25, -0.2) is 4.99 Å². The Morgan fingerprint density at radius 2 is 2.05 bits per heavy atom. The summed E-state index contributed by atoms with van der Waals surface area (Å²) in [5.74, 6) is 1.90. The molecule has 2 aliphatic rings. The lowest BCUT2D eigenvalue weighted by Gasteiger charge is -2.07. The van der Waals surface area contributed by atoms with Gasteiger partial charge in [0.1, 0.15) is 11.5 Å². The van der Waals surface area contributed by atoms with Crippen LogP contribution in [0.5, 0.6) is 11.5 Å². The average Bonchev–Trinajstić information content (AvgIpc) is 2.60. The first-order valence-electron chi connectivity index (χ1n) is 6.20. The smallest absolute Gasteiger partial charge is 0.275 e. The van der Waals surface area contributed by atoms with Gasteiger partial charge in [-0.3, -0.25) is 4.79 Å². The Kier molecular flexibility index (Phi) is 2.95. The quantitative estimate of drug-likeness (QED) is 0.780. The molecule has 1 amide bonds. The number of fused-ring (bicyclic) bond motifs is 1. The molecule has 0 bridgehead atoms. The minimum Gasteiger partial charge on any atom is -0.490 e. The van der Waals surface area contributed by atoms with Crippen molar-refractivity contribution in [3.05, 3.63) is 29.5 Å². The molecule has 98 valence electrons. The van der Waals surface area contributed by atoms with Gasteiger partial charge in [-0.05, 0) is 30.7 Å². The van der Waals surface area contributed by atoms with Crippen molar-refractivity contribution >= 4 is 17.8 Å². The lowest BCUT2D eigenvalue weighted by atomic mass is 10.1. The number of nitrogens with one attached hydrogen (secondary N) is 1. The number of amides is 1. The third-order valence-electron chi connectivity index (χ3n) is 2.89. The second kappa shape index (κ2) is 4.76. The van der Waals surface area contributed by atoms with E-state index in [1.165, 1.54) is 0 Å². The Bertz CT molecular complexity index is 590. The Hall–Kier alpha value is -2.30. The second-order valence-electron chi connectivity index (χ2n) is 4.44. The Morgan fingerprint density at radius 1 is 1.26 bits per heavy atom. The van der Waals surface area contributed by atoms with E-state index in [1.54, 1.807) is 13.0 Å². The fourth-order valence-electron chi connectivity index (χ4n) is 2.01. The summed E-state index contributed by atoms with van der Waals surface area (Å²) in [6.07, 6.45) is 2.61. The van der Waals surface area contributed by atoms with Crippen LogP contribution in [0.25, 0.3) is 6.08 Å². The highest BCUT2D eigenvalue weighted by Gasteiger charge is 2.17. The molecule has 3 rings (SSSR count). The molecule has 19 heavy (non-hydrogen) atoms. The summed E-state index contributed by atoms with van der Waals surface area (Å²) in [5, 5.41) is 2.65. The maximum absolute atomic E-state index is 11.6. The van der Waals surface area contributed by atoms with E-state index in [1.807, 2.05) is 18.2 Å². The van der Waals surface area contributed by atoms with Gasteiger partial charge in [0.15, 0.2) is 11.5 Å². The van der Waals surface area contributed by atoms with Crippen molar-refractivity contribution < 1.29 is 14.3 Å². The lowest BCUT2D eigenvalue weighted by Crippen LogP contribution is -2.21. The van der Waals surface area contributed by atoms with Gasteiger partial charge >= 0.3 is 0 Å². The third-order valence-corrected chi connectivity index (χ3v) is 2.89. The number of carbonyl (C=O) groups excluding carboxylic acids is 1. The number of aliphatic imine (C=N–C) groups is 1. The number of benzene rings is 1. The maximum atomic E-state index is 11.6. The summed E-state index contributed by atoms with van der Waals surface area (Å²) >= 11 is 0. The molecule has 2 heterocycles. The molecule has 0 saturated carbocycles. The molecule has 0 fully saturated rings. The van der Waals surface area contributed by atoms with Crippen LogP contribution in [0.2, 0.25) is 0 Å². The topological polar surface area (TPSA) is 59.9 Å². The maximum Gasteiger partial charge on any atom is 0.275 e. The van der Waals surface area contributed by atoms with Crippen molar-refractivity contribution in [2.45, 2.75) is 13.3 Å². The summed E-state index contributed by atoms with van der Waals surface area (Å²) in [7, 11) is 0. The third kappa shape index (κ3) is 2.45. The van der Waals surface area contributed by atoms with Crippen LogP contribution in [0, 0.1) is 0 Å². The Morgan fingerprint density at radius 3 is 2.79 bits per heavy atom. The molecule has 0 aromatic heterocycles. The number of hydrogen-bond acceptors (Lipinski definition) is 4. The predicted octanol–water partition coefficient (Wildman–Crippen LogP) is 1.74. The SMILES string of the molecule is CC1=N/C(=C/c2ccc3c(c2)OCCCO3)C(=O)N1. The summed E-state index contributed by atoms with van der Waals surface area (Å²) in [4.78, 5) is 15.7. The molecule has 0 spiro atoms. The van der Waals surface area contributed by atoms with E-state index in [0.29, 0.717) is 30.5 Å². The van der Waals surface area contributed by atoms with Crippen LogP contribution >= 0.6 is 0 Å². The van der Waals surface area contributed by atoms with E-state index >= 15 is 0 Å². The standard InChI is InChI=1S/C14H14N2O3/c1-9-15-11(14(17)16-9)7-10-3-4-12-13(8-10)19-6-2-5-18-12/h3-4,7-8H,2,5-6H2,1H3,(H,15,16,17)/b11-7+. The molecule has 2 aliphatic heterocycles. The molecule has 1 aromatic rings. The first-order valence-corrected chi connectivity index (χ1v) is 6.20. The van der Waals surface area contributed by atoms with Crippen molar-refractivity contribution in [3.8, 4) is 11.5 Å². The van der Waals surface area contributed by atoms with Crippen LogP contribution < -0.4 is 14.8 Å². The highest BCUT2D eigenvalue weighted by molar-refractivity contribution is 6.13. The van der Waals surface area contributed by atoms with Crippen LogP contribution in [0.4, 0.5) is 0 Å². The van der Waals surface area contributed by atoms with Crippen LogP contribution in [0.3, 0.4) is 0 Å². The number of rotatable bonds is 1. The van der Waals surface area contributed by atoms with Crippen molar-refractivity contribution in [2.24, 2.45) is 4.99 Å². The van der Waals surface area contributed by atoms with Crippen LogP contribution in [-0.4, -0.2) is 25.0 Å². The fourth-order valence-corrected chi connectivity index (χ4v) is 2.01. The van der Waals surface area contributed by atoms with Gasteiger partial charge in [0.25, 0.3) is 5.91 Å². The average molecular weight is 258 g/mol. The van der Waals surface area contributed by atoms with E-state index < -0.39 is 0 Å². The van der Waals surface area contributed by atoms with Crippen molar-refractivity contribution in [2.75, 3.05) is 13.2 Å². The van der Waals surface area contributed by atoms with Crippen LogP contribution in [0.1, 0.15) is 18.9 Å². The number of nitrogens with zero attached hydrogens (tertiary/aromatic N) is 1. The highest BCUT2D eigenvalue weighted by Crippen LogP contribution is 2.31. The summed E-state index contributed by atoms with van der Waals surface area (Å²) in [6.45, 7) is 3.07. The fraction of sp³-hybridized carbons (Fsp3) is 0.286. The first kappa shape index (κ1) is 11.8. The van der Waals surface area contributed by atoms with Gasteiger partial charge in [0.05, 0.1) is 13.2 Å². The van der Waals surface area contributed by atoms with Crippen molar-refractivity contribution in [3.63, 3.8) is 0 Å². The number of ether oxygens (including phenoxy) is 2. The van der Waals surface area contributed by atoms with Crippen LogP contribution in [0.15, 0.2) is 28.9 Å². The van der Waals surface area contributed by atoms with E-state index in [-0.39, 0.29) is 5.91 Å². The molecule has 0 aliphatic carbocycles. The number of amidine groups is 1. The molecule has 0 radical (unpaired) electrons. The summed E-state index contributed by atoms with van der Waals surface area (Å²) in [6, 6.07) is 5.61. The minimum absolute atomic E-state index is 0.176. The molecular formula is C14H14N2O3. The predicted molar refractivity (Wildman–Crippen MR) is 71.3 cm³/mol. The highest BCUT2D eigenvalue weighted by atomic mass is 16.5. The van der Waals surface area contributed by atoms with E-state index in [0.717, 1.165) is 17.7 Å².